The highest BCUT2D eigenvalue weighted by molar-refractivity contribution is 6.31. The summed E-state index contributed by atoms with van der Waals surface area (Å²) in [5.74, 6) is 1.32. The van der Waals surface area contributed by atoms with Crippen LogP contribution < -0.4 is 19.5 Å². The quantitative estimate of drug-likeness (QED) is 0.749. The van der Waals surface area contributed by atoms with Crippen LogP contribution in [-0.2, 0) is 18.4 Å². The first kappa shape index (κ1) is 19.7. The molecule has 1 aromatic heterocycles. The molecule has 0 fully saturated rings. The molecule has 2 rings (SSSR count). The normalized spacial score (nSPS) is 10.8. The van der Waals surface area contributed by atoms with E-state index < -0.39 is 0 Å². The number of aromatic nitrogens is 2. The van der Waals surface area contributed by atoms with Gasteiger partial charge in [-0.1, -0.05) is 11.6 Å². The predicted molar refractivity (Wildman–Crippen MR) is 99.9 cm³/mol. The lowest BCUT2D eigenvalue weighted by molar-refractivity contribution is -0.116. The Balaban J connectivity index is 2.08. The van der Waals surface area contributed by atoms with Crippen LogP contribution in [0.2, 0.25) is 5.15 Å². The second-order valence-corrected chi connectivity index (χ2v) is 5.86. The van der Waals surface area contributed by atoms with E-state index in [0.717, 1.165) is 16.8 Å². The van der Waals surface area contributed by atoms with Gasteiger partial charge in [0.05, 0.1) is 27.0 Å². The van der Waals surface area contributed by atoms with Crippen LogP contribution in [-0.4, -0.2) is 37.0 Å². The van der Waals surface area contributed by atoms with E-state index in [0.29, 0.717) is 28.9 Å². The second kappa shape index (κ2) is 8.62. The van der Waals surface area contributed by atoms with Crippen molar-refractivity contribution in [3.63, 3.8) is 0 Å². The van der Waals surface area contributed by atoms with Gasteiger partial charge in [-0.3, -0.25) is 9.48 Å². The third-order valence-electron chi connectivity index (χ3n) is 3.79. The molecule has 0 atom stereocenters. The van der Waals surface area contributed by atoms with Gasteiger partial charge >= 0.3 is 0 Å². The van der Waals surface area contributed by atoms with E-state index in [1.165, 1.54) is 13.2 Å². The van der Waals surface area contributed by atoms with Crippen molar-refractivity contribution in [3.05, 3.63) is 40.2 Å². The minimum Gasteiger partial charge on any atom is -0.493 e. The summed E-state index contributed by atoms with van der Waals surface area (Å²) in [5, 5.41) is 7.49. The number of nitrogens with zero attached hydrogens (tertiary/aromatic N) is 2. The summed E-state index contributed by atoms with van der Waals surface area (Å²) in [7, 11) is 6.38. The molecule has 0 spiro atoms. The average Bonchev–Trinajstić information content (AvgIpc) is 2.88. The number of amides is 1. The number of benzene rings is 1. The molecule has 8 heteroatoms. The van der Waals surface area contributed by atoms with Crippen molar-refractivity contribution >= 4 is 23.6 Å². The predicted octanol–water partition coefficient (Wildman–Crippen LogP) is 2.74. The molecule has 1 heterocycles. The zero-order valence-electron chi connectivity index (χ0n) is 15.4. The summed E-state index contributed by atoms with van der Waals surface area (Å²) in [5.41, 5.74) is 2.29. The van der Waals surface area contributed by atoms with Crippen molar-refractivity contribution in [2.24, 2.45) is 7.05 Å². The van der Waals surface area contributed by atoms with Crippen LogP contribution in [0.15, 0.2) is 18.2 Å². The van der Waals surface area contributed by atoms with Crippen molar-refractivity contribution in [2.75, 3.05) is 21.3 Å². The van der Waals surface area contributed by atoms with Crippen molar-refractivity contribution in [3.8, 4) is 17.2 Å². The van der Waals surface area contributed by atoms with Crippen LogP contribution in [0.1, 0.15) is 16.8 Å². The Kier molecular flexibility index (Phi) is 6.52. The van der Waals surface area contributed by atoms with Gasteiger partial charge in [0.2, 0.25) is 11.7 Å². The number of hydrogen-bond acceptors (Lipinski definition) is 5. The molecule has 0 unspecified atom stereocenters. The standard InChI is InChI=1S/C18H22ClN3O4/c1-11-13(18(19)22(2)21-11)6-7-16(23)20-10-12-8-14(24-3)17(26-5)15(9-12)25-4/h6-9H,10H2,1-5H3,(H,20,23)/b7-6+. The van der Waals surface area contributed by atoms with Crippen LogP contribution in [0.4, 0.5) is 0 Å². The topological polar surface area (TPSA) is 74.6 Å². The van der Waals surface area contributed by atoms with Crippen molar-refractivity contribution in [1.29, 1.82) is 0 Å². The van der Waals surface area contributed by atoms with Crippen LogP contribution in [0.25, 0.3) is 6.08 Å². The lowest BCUT2D eigenvalue weighted by atomic mass is 10.1. The van der Waals surface area contributed by atoms with Crippen LogP contribution in [0.5, 0.6) is 17.2 Å². The molecule has 1 N–H and O–H groups in total. The molecular formula is C18H22ClN3O4. The third-order valence-corrected chi connectivity index (χ3v) is 4.24. The zero-order chi connectivity index (χ0) is 19.3. The molecule has 2 aromatic rings. The fourth-order valence-corrected chi connectivity index (χ4v) is 2.72. The molecule has 0 aliphatic rings. The number of halogens is 1. The second-order valence-electron chi connectivity index (χ2n) is 5.50. The molecule has 0 bridgehead atoms. The van der Waals surface area contributed by atoms with Gasteiger partial charge in [0.1, 0.15) is 5.15 Å². The molecule has 0 aliphatic heterocycles. The largest absolute Gasteiger partial charge is 0.493 e. The number of nitrogens with one attached hydrogen (secondary N) is 1. The number of carbonyl (C=O) groups is 1. The molecule has 26 heavy (non-hydrogen) atoms. The highest BCUT2D eigenvalue weighted by Crippen LogP contribution is 2.38. The molecule has 0 saturated carbocycles. The first-order valence-corrected chi connectivity index (χ1v) is 8.23. The summed E-state index contributed by atoms with van der Waals surface area (Å²) in [6, 6.07) is 3.57. The molecule has 140 valence electrons. The Hall–Kier alpha value is -2.67. The zero-order valence-corrected chi connectivity index (χ0v) is 16.2. The molecule has 0 saturated heterocycles. The van der Waals surface area contributed by atoms with Gasteiger partial charge in [0.25, 0.3) is 0 Å². The molecular weight excluding hydrogens is 358 g/mol. The van der Waals surface area contributed by atoms with E-state index >= 15 is 0 Å². The molecule has 1 aromatic carbocycles. The Morgan fingerprint density at radius 2 is 1.85 bits per heavy atom. The summed E-state index contributed by atoms with van der Waals surface area (Å²) in [6.45, 7) is 2.14. The van der Waals surface area contributed by atoms with E-state index in [-0.39, 0.29) is 5.91 Å². The van der Waals surface area contributed by atoms with Crippen LogP contribution in [0, 0.1) is 6.92 Å². The number of rotatable bonds is 7. The van der Waals surface area contributed by atoms with Crippen molar-refractivity contribution in [2.45, 2.75) is 13.5 Å². The third kappa shape index (κ3) is 4.29. The van der Waals surface area contributed by atoms with Gasteiger partial charge in [-0.25, -0.2) is 0 Å². The lowest BCUT2D eigenvalue weighted by Crippen LogP contribution is -2.20. The Bertz CT molecular complexity index is 805. The van der Waals surface area contributed by atoms with Gasteiger partial charge < -0.3 is 19.5 Å². The number of carbonyl (C=O) groups excluding carboxylic acids is 1. The van der Waals surface area contributed by atoms with Gasteiger partial charge in [-0.2, -0.15) is 5.10 Å². The summed E-state index contributed by atoms with van der Waals surface area (Å²) < 4.78 is 17.5. The Labute approximate surface area is 157 Å². The Morgan fingerprint density at radius 3 is 2.31 bits per heavy atom. The molecule has 0 radical (unpaired) electrons. The van der Waals surface area contributed by atoms with E-state index in [9.17, 15) is 4.79 Å². The SMILES string of the molecule is COc1cc(CNC(=O)/C=C/c2c(C)nn(C)c2Cl)cc(OC)c1OC. The summed E-state index contributed by atoms with van der Waals surface area (Å²) in [4.78, 5) is 12.1. The highest BCUT2D eigenvalue weighted by Gasteiger charge is 2.13. The Morgan fingerprint density at radius 1 is 1.23 bits per heavy atom. The van der Waals surface area contributed by atoms with Gasteiger partial charge in [-0.15, -0.1) is 0 Å². The smallest absolute Gasteiger partial charge is 0.244 e. The van der Waals surface area contributed by atoms with E-state index in [1.54, 1.807) is 44.2 Å². The minimum atomic E-state index is -0.252. The van der Waals surface area contributed by atoms with Crippen LogP contribution in [0.3, 0.4) is 0 Å². The van der Waals surface area contributed by atoms with Crippen molar-refractivity contribution in [1.82, 2.24) is 15.1 Å². The monoisotopic (exact) mass is 379 g/mol. The molecule has 0 aliphatic carbocycles. The maximum atomic E-state index is 12.1. The number of methoxy groups -OCH3 is 3. The number of hydrogen-bond donors (Lipinski definition) is 1. The lowest BCUT2D eigenvalue weighted by Gasteiger charge is -2.14. The average molecular weight is 380 g/mol. The highest BCUT2D eigenvalue weighted by atomic mass is 35.5. The molecule has 1 amide bonds. The number of ether oxygens (including phenoxy) is 3. The van der Waals surface area contributed by atoms with E-state index in [2.05, 4.69) is 10.4 Å². The summed E-state index contributed by atoms with van der Waals surface area (Å²) >= 11 is 6.14. The number of aryl methyl sites for hydroxylation is 2. The van der Waals surface area contributed by atoms with Crippen LogP contribution >= 0.6 is 11.6 Å². The van der Waals surface area contributed by atoms with Gasteiger partial charge in [0, 0.05) is 25.2 Å². The van der Waals surface area contributed by atoms with Gasteiger partial charge in [0.15, 0.2) is 11.5 Å². The summed E-state index contributed by atoms with van der Waals surface area (Å²) in [6.07, 6.45) is 3.07. The van der Waals surface area contributed by atoms with E-state index in [4.69, 9.17) is 25.8 Å². The maximum Gasteiger partial charge on any atom is 0.244 e. The first-order chi connectivity index (χ1) is 12.4. The van der Waals surface area contributed by atoms with Crippen molar-refractivity contribution < 1.29 is 19.0 Å². The first-order valence-electron chi connectivity index (χ1n) is 7.85. The fraction of sp³-hybridized carbons (Fsp3) is 0.333. The maximum absolute atomic E-state index is 12.1. The van der Waals surface area contributed by atoms with E-state index in [1.807, 2.05) is 6.92 Å². The fourth-order valence-electron chi connectivity index (χ4n) is 2.48. The minimum absolute atomic E-state index is 0.252. The van der Waals surface area contributed by atoms with Gasteiger partial charge in [-0.05, 0) is 30.7 Å². The molecule has 7 nitrogen and oxygen atoms in total.